The molecule has 0 spiro atoms. The first-order valence-corrected chi connectivity index (χ1v) is 8.48. The molecule has 2 heteroatoms. The zero-order valence-corrected chi connectivity index (χ0v) is 13.9. The van der Waals surface area contributed by atoms with E-state index in [1.54, 1.807) is 0 Å². The molecule has 1 aliphatic carbocycles. The Balaban J connectivity index is 1.61. The summed E-state index contributed by atoms with van der Waals surface area (Å²) in [7, 11) is 0. The predicted octanol–water partition coefficient (Wildman–Crippen LogP) is 5.63. The summed E-state index contributed by atoms with van der Waals surface area (Å²) in [5, 5.41) is 0.698. The molecular weight excluding hydrogens is 316 g/mol. The quantitative estimate of drug-likeness (QED) is 0.566. The van der Waals surface area contributed by atoms with Crippen molar-refractivity contribution in [2.45, 2.75) is 17.8 Å². The summed E-state index contributed by atoms with van der Waals surface area (Å²) >= 11 is 5.97. The van der Waals surface area contributed by atoms with Crippen molar-refractivity contribution in [1.82, 2.24) is 0 Å². The number of rotatable bonds is 4. The highest BCUT2D eigenvalue weighted by atomic mass is 35.5. The van der Waals surface area contributed by atoms with E-state index in [2.05, 4.69) is 36.4 Å². The number of carbonyl (C=O) groups excluding carboxylic acids is 1. The normalized spacial score (nSPS) is 22.1. The van der Waals surface area contributed by atoms with E-state index in [4.69, 9.17) is 11.6 Å². The highest BCUT2D eigenvalue weighted by molar-refractivity contribution is 6.30. The fraction of sp³-hybridized carbons (Fsp3) is 0.136. The lowest BCUT2D eigenvalue weighted by Crippen LogP contribution is -2.11. The van der Waals surface area contributed by atoms with Gasteiger partial charge in [0.15, 0.2) is 0 Å². The first-order valence-electron chi connectivity index (χ1n) is 8.11. The minimum absolute atomic E-state index is 0.251. The lowest BCUT2D eigenvalue weighted by atomic mass is 9.91. The van der Waals surface area contributed by atoms with Crippen LogP contribution in [0.15, 0.2) is 78.9 Å². The van der Waals surface area contributed by atoms with E-state index in [0.29, 0.717) is 5.02 Å². The molecule has 0 heterocycles. The van der Waals surface area contributed by atoms with Crippen molar-refractivity contribution in [3.63, 3.8) is 0 Å². The zero-order chi connectivity index (χ0) is 16.6. The number of carbonyl (C=O) groups is 1. The summed E-state index contributed by atoms with van der Waals surface area (Å²) in [4.78, 5) is 11.8. The van der Waals surface area contributed by atoms with E-state index < -0.39 is 5.41 Å². The molecule has 0 aromatic heterocycles. The molecule has 4 rings (SSSR count). The van der Waals surface area contributed by atoms with Gasteiger partial charge in [-0.25, -0.2) is 0 Å². The SMILES string of the molecule is O=CC1(c2ccc(Cl)cc2)CC1c1ccc(-c2ccccc2)cc1. The van der Waals surface area contributed by atoms with Crippen LogP contribution in [0.1, 0.15) is 23.5 Å². The van der Waals surface area contributed by atoms with Gasteiger partial charge in [-0.2, -0.15) is 0 Å². The van der Waals surface area contributed by atoms with Gasteiger partial charge in [0, 0.05) is 10.9 Å². The fourth-order valence-electron chi connectivity index (χ4n) is 3.51. The molecule has 1 fully saturated rings. The molecule has 0 aliphatic heterocycles. The molecule has 3 aromatic carbocycles. The van der Waals surface area contributed by atoms with E-state index >= 15 is 0 Å². The zero-order valence-electron chi connectivity index (χ0n) is 13.2. The van der Waals surface area contributed by atoms with E-state index in [0.717, 1.165) is 18.3 Å². The summed E-state index contributed by atoms with van der Waals surface area (Å²) < 4.78 is 0. The average molecular weight is 333 g/mol. The van der Waals surface area contributed by atoms with Crippen LogP contribution in [0.4, 0.5) is 0 Å². The Bertz CT molecular complexity index is 853. The molecule has 2 unspecified atom stereocenters. The highest BCUT2D eigenvalue weighted by Gasteiger charge is 2.56. The molecule has 2 atom stereocenters. The van der Waals surface area contributed by atoms with Gasteiger partial charge in [-0.3, -0.25) is 0 Å². The van der Waals surface area contributed by atoms with Crippen LogP contribution in [0.3, 0.4) is 0 Å². The molecule has 1 nitrogen and oxygen atoms in total. The minimum Gasteiger partial charge on any atom is -0.302 e. The number of benzene rings is 3. The minimum atomic E-state index is -0.390. The second kappa shape index (κ2) is 5.92. The Morgan fingerprint density at radius 1 is 0.833 bits per heavy atom. The van der Waals surface area contributed by atoms with Crippen molar-refractivity contribution in [2.24, 2.45) is 0 Å². The number of halogens is 1. The van der Waals surface area contributed by atoms with Gasteiger partial charge in [-0.05, 0) is 40.8 Å². The number of hydrogen-bond donors (Lipinski definition) is 0. The third kappa shape index (κ3) is 2.55. The monoisotopic (exact) mass is 332 g/mol. The van der Waals surface area contributed by atoms with Crippen LogP contribution < -0.4 is 0 Å². The Labute approximate surface area is 146 Å². The Morgan fingerprint density at radius 2 is 1.46 bits per heavy atom. The molecule has 1 aliphatic rings. The maximum atomic E-state index is 11.8. The second-order valence-electron chi connectivity index (χ2n) is 6.41. The third-order valence-corrected chi connectivity index (χ3v) is 5.27. The number of aldehydes is 1. The molecular formula is C22H17ClO. The summed E-state index contributed by atoms with van der Waals surface area (Å²) in [5.41, 5.74) is 4.29. The van der Waals surface area contributed by atoms with Gasteiger partial charge >= 0.3 is 0 Å². The number of hydrogen-bond acceptors (Lipinski definition) is 1. The van der Waals surface area contributed by atoms with Crippen molar-refractivity contribution in [3.05, 3.63) is 95.0 Å². The average Bonchev–Trinajstić information content (AvgIpc) is 3.39. The van der Waals surface area contributed by atoms with Gasteiger partial charge in [0.1, 0.15) is 6.29 Å². The summed E-state index contributed by atoms with van der Waals surface area (Å²) in [6, 6.07) is 26.5. The van der Waals surface area contributed by atoms with E-state index in [-0.39, 0.29) is 5.92 Å². The fourth-order valence-corrected chi connectivity index (χ4v) is 3.64. The van der Waals surface area contributed by atoms with Gasteiger partial charge in [0.2, 0.25) is 0 Å². The van der Waals surface area contributed by atoms with Gasteiger partial charge in [0.25, 0.3) is 0 Å². The summed E-state index contributed by atoms with van der Waals surface area (Å²) in [5.74, 6) is 0.251. The van der Waals surface area contributed by atoms with E-state index in [1.807, 2.05) is 42.5 Å². The van der Waals surface area contributed by atoms with Crippen LogP contribution >= 0.6 is 11.6 Å². The van der Waals surface area contributed by atoms with Crippen molar-refractivity contribution >= 4 is 17.9 Å². The first-order chi connectivity index (χ1) is 11.7. The van der Waals surface area contributed by atoms with Crippen LogP contribution in [0.25, 0.3) is 11.1 Å². The van der Waals surface area contributed by atoms with Gasteiger partial charge in [-0.1, -0.05) is 78.3 Å². The predicted molar refractivity (Wildman–Crippen MR) is 98.4 cm³/mol. The first kappa shape index (κ1) is 15.2. The Kier molecular flexibility index (Phi) is 3.74. The topological polar surface area (TPSA) is 17.1 Å². The lowest BCUT2D eigenvalue weighted by Gasteiger charge is -2.11. The summed E-state index contributed by atoms with van der Waals surface area (Å²) in [6.07, 6.45) is 1.97. The molecule has 118 valence electrons. The summed E-state index contributed by atoms with van der Waals surface area (Å²) in [6.45, 7) is 0. The van der Waals surface area contributed by atoms with Crippen molar-refractivity contribution in [3.8, 4) is 11.1 Å². The molecule has 1 saturated carbocycles. The van der Waals surface area contributed by atoms with Crippen LogP contribution in [-0.2, 0) is 10.2 Å². The van der Waals surface area contributed by atoms with Crippen molar-refractivity contribution in [1.29, 1.82) is 0 Å². The molecule has 0 N–H and O–H groups in total. The maximum absolute atomic E-state index is 11.8. The molecule has 0 bridgehead atoms. The lowest BCUT2D eigenvalue weighted by molar-refractivity contribution is -0.110. The van der Waals surface area contributed by atoms with Crippen LogP contribution in [0.5, 0.6) is 0 Å². The smallest absolute Gasteiger partial charge is 0.131 e. The Morgan fingerprint density at radius 3 is 2.08 bits per heavy atom. The highest BCUT2D eigenvalue weighted by Crippen LogP contribution is 2.59. The van der Waals surface area contributed by atoms with Gasteiger partial charge < -0.3 is 4.79 Å². The second-order valence-corrected chi connectivity index (χ2v) is 6.85. The molecule has 0 amide bonds. The van der Waals surface area contributed by atoms with E-state index in [1.165, 1.54) is 16.7 Å². The standard InChI is InChI=1S/C22H17ClO/c23-20-12-10-19(11-13-20)22(15-24)14-21(22)18-8-6-17(7-9-18)16-4-2-1-3-5-16/h1-13,15,21H,14H2. The largest absolute Gasteiger partial charge is 0.302 e. The van der Waals surface area contributed by atoms with Crippen molar-refractivity contribution in [2.75, 3.05) is 0 Å². The molecule has 24 heavy (non-hydrogen) atoms. The van der Waals surface area contributed by atoms with Crippen molar-refractivity contribution < 1.29 is 4.79 Å². The maximum Gasteiger partial charge on any atom is 0.131 e. The van der Waals surface area contributed by atoms with E-state index in [9.17, 15) is 4.79 Å². The van der Waals surface area contributed by atoms with Gasteiger partial charge in [-0.15, -0.1) is 0 Å². The third-order valence-electron chi connectivity index (χ3n) is 5.02. The Hall–Kier alpha value is -2.38. The molecule has 0 saturated heterocycles. The van der Waals surface area contributed by atoms with Crippen LogP contribution in [-0.4, -0.2) is 6.29 Å². The van der Waals surface area contributed by atoms with Crippen LogP contribution in [0.2, 0.25) is 5.02 Å². The van der Waals surface area contributed by atoms with Crippen LogP contribution in [0, 0.1) is 0 Å². The molecule has 0 radical (unpaired) electrons. The van der Waals surface area contributed by atoms with Gasteiger partial charge in [0.05, 0.1) is 5.41 Å². The molecule has 3 aromatic rings.